The molecule has 0 saturated heterocycles. The number of ether oxygens (including phenoxy) is 1. The maximum Gasteiger partial charge on any atom is 0.127 e. The molecule has 0 amide bonds. The molecule has 3 rings (SSSR count). The van der Waals surface area contributed by atoms with E-state index in [9.17, 15) is 0 Å². The van der Waals surface area contributed by atoms with Crippen LogP contribution in [0.4, 0.5) is 0 Å². The minimum absolute atomic E-state index is 0.706. The highest BCUT2D eigenvalue weighted by Gasteiger charge is 2.17. The van der Waals surface area contributed by atoms with E-state index in [1.165, 1.54) is 5.56 Å². The lowest BCUT2D eigenvalue weighted by Gasteiger charge is -2.11. The third kappa shape index (κ3) is 2.11. The minimum atomic E-state index is 0.706. The van der Waals surface area contributed by atoms with Crippen molar-refractivity contribution >= 4 is 11.6 Å². The van der Waals surface area contributed by atoms with E-state index in [2.05, 4.69) is 5.43 Å². The predicted octanol–water partition coefficient (Wildman–Crippen LogP) is 2.82. The Hall–Kier alpha value is -1.61. The Morgan fingerprint density at radius 2 is 2.12 bits per heavy atom. The van der Waals surface area contributed by atoms with Crippen LogP contribution in [0, 0.1) is 0 Å². The lowest BCUT2D eigenvalue weighted by molar-refractivity contribution is 0.353. The fraction of sp³-hybridized carbons (Fsp3) is 0.231. The number of benzene rings is 1. The van der Waals surface area contributed by atoms with Crippen LogP contribution in [0.5, 0.6) is 5.75 Å². The Morgan fingerprint density at radius 1 is 1.29 bits per heavy atom. The smallest absolute Gasteiger partial charge is 0.127 e. The molecule has 2 heterocycles. The standard InChI is InChI=1S/C13H13ClN2O/c14-12-7-10-3-6-17-13(10)11(8-12)9-15-16-4-1-2-5-16/h1-2,4-5,7-8,15H,3,6,9H2. The van der Waals surface area contributed by atoms with Crippen LogP contribution in [0.3, 0.4) is 0 Å². The number of aromatic nitrogens is 1. The number of fused-ring (bicyclic) bond motifs is 1. The number of hydrogen-bond acceptors (Lipinski definition) is 2. The summed E-state index contributed by atoms with van der Waals surface area (Å²) in [5.74, 6) is 0.994. The van der Waals surface area contributed by atoms with Gasteiger partial charge in [-0.05, 0) is 29.8 Å². The second kappa shape index (κ2) is 4.34. The molecule has 1 aromatic carbocycles. The van der Waals surface area contributed by atoms with Crippen molar-refractivity contribution in [2.45, 2.75) is 13.0 Å². The van der Waals surface area contributed by atoms with Gasteiger partial charge in [-0.25, -0.2) is 0 Å². The molecule has 0 bridgehead atoms. The van der Waals surface area contributed by atoms with Crippen LogP contribution in [-0.2, 0) is 13.0 Å². The van der Waals surface area contributed by atoms with E-state index in [4.69, 9.17) is 16.3 Å². The molecule has 0 spiro atoms. The van der Waals surface area contributed by atoms with Crippen LogP contribution < -0.4 is 10.2 Å². The zero-order chi connectivity index (χ0) is 11.7. The fourth-order valence-corrected chi connectivity index (χ4v) is 2.36. The van der Waals surface area contributed by atoms with Crippen LogP contribution >= 0.6 is 11.6 Å². The largest absolute Gasteiger partial charge is 0.493 e. The summed E-state index contributed by atoms with van der Waals surface area (Å²) in [5, 5.41) is 0.776. The van der Waals surface area contributed by atoms with Crippen molar-refractivity contribution in [2.75, 3.05) is 12.0 Å². The van der Waals surface area contributed by atoms with E-state index in [1.54, 1.807) is 0 Å². The molecule has 1 aromatic heterocycles. The molecule has 4 heteroatoms. The molecule has 0 aliphatic carbocycles. The molecule has 2 aromatic rings. The van der Waals surface area contributed by atoms with E-state index in [1.807, 2.05) is 41.3 Å². The summed E-state index contributed by atoms with van der Waals surface area (Å²) < 4.78 is 7.57. The quantitative estimate of drug-likeness (QED) is 0.904. The van der Waals surface area contributed by atoms with Crippen molar-refractivity contribution in [2.24, 2.45) is 0 Å². The monoisotopic (exact) mass is 248 g/mol. The topological polar surface area (TPSA) is 26.2 Å². The maximum atomic E-state index is 6.10. The van der Waals surface area contributed by atoms with Gasteiger partial charge < -0.3 is 10.2 Å². The Kier molecular flexibility index (Phi) is 2.69. The van der Waals surface area contributed by atoms with Crippen LogP contribution in [0.25, 0.3) is 0 Å². The zero-order valence-electron chi connectivity index (χ0n) is 9.32. The Labute approximate surface area is 105 Å². The van der Waals surface area contributed by atoms with Crippen LogP contribution in [-0.4, -0.2) is 11.3 Å². The van der Waals surface area contributed by atoms with Gasteiger partial charge in [0, 0.05) is 29.4 Å². The summed E-state index contributed by atoms with van der Waals surface area (Å²) in [7, 11) is 0. The molecule has 3 nitrogen and oxygen atoms in total. The summed E-state index contributed by atoms with van der Waals surface area (Å²) in [6.07, 6.45) is 4.88. The van der Waals surface area contributed by atoms with Gasteiger partial charge in [-0.2, -0.15) is 0 Å². The summed E-state index contributed by atoms with van der Waals surface area (Å²) in [6, 6.07) is 7.91. The molecule has 1 aliphatic rings. The highest BCUT2D eigenvalue weighted by atomic mass is 35.5. The molecule has 0 fully saturated rings. The Balaban J connectivity index is 1.83. The first kappa shape index (κ1) is 10.5. The van der Waals surface area contributed by atoms with Gasteiger partial charge in [-0.1, -0.05) is 11.6 Å². The van der Waals surface area contributed by atoms with Crippen LogP contribution in [0.15, 0.2) is 36.7 Å². The first-order valence-corrected chi connectivity index (χ1v) is 6.02. The molecule has 1 N–H and O–H groups in total. The number of nitrogens with zero attached hydrogens (tertiary/aromatic N) is 1. The van der Waals surface area contributed by atoms with E-state index in [0.717, 1.165) is 29.4 Å². The van der Waals surface area contributed by atoms with E-state index >= 15 is 0 Å². The summed E-state index contributed by atoms with van der Waals surface area (Å²) in [4.78, 5) is 0. The van der Waals surface area contributed by atoms with Crippen molar-refractivity contribution < 1.29 is 4.74 Å². The second-order valence-corrected chi connectivity index (χ2v) is 4.51. The first-order chi connectivity index (χ1) is 8.33. The van der Waals surface area contributed by atoms with Gasteiger partial charge in [0.2, 0.25) is 0 Å². The maximum absolute atomic E-state index is 6.10. The van der Waals surface area contributed by atoms with Gasteiger partial charge in [0.1, 0.15) is 5.75 Å². The van der Waals surface area contributed by atoms with Gasteiger partial charge in [-0.3, -0.25) is 4.68 Å². The van der Waals surface area contributed by atoms with Crippen molar-refractivity contribution in [3.05, 3.63) is 52.8 Å². The van der Waals surface area contributed by atoms with Crippen molar-refractivity contribution in [1.82, 2.24) is 4.68 Å². The summed E-state index contributed by atoms with van der Waals surface area (Å²) in [5.41, 5.74) is 5.60. The van der Waals surface area contributed by atoms with Gasteiger partial charge in [0.05, 0.1) is 13.2 Å². The predicted molar refractivity (Wildman–Crippen MR) is 68.1 cm³/mol. The molecular formula is C13H13ClN2O. The molecule has 0 radical (unpaired) electrons. The molecule has 88 valence electrons. The first-order valence-electron chi connectivity index (χ1n) is 5.64. The third-order valence-electron chi connectivity index (χ3n) is 2.88. The van der Waals surface area contributed by atoms with E-state index in [-0.39, 0.29) is 0 Å². The highest BCUT2D eigenvalue weighted by molar-refractivity contribution is 6.30. The Morgan fingerprint density at radius 3 is 2.94 bits per heavy atom. The normalized spacial score (nSPS) is 13.2. The molecule has 17 heavy (non-hydrogen) atoms. The molecule has 0 unspecified atom stereocenters. The molecular weight excluding hydrogens is 236 g/mol. The number of halogens is 1. The third-order valence-corrected chi connectivity index (χ3v) is 3.10. The average molecular weight is 249 g/mol. The van der Waals surface area contributed by atoms with Gasteiger partial charge in [0.25, 0.3) is 0 Å². The van der Waals surface area contributed by atoms with Gasteiger partial charge in [-0.15, -0.1) is 0 Å². The lowest BCUT2D eigenvalue weighted by Crippen LogP contribution is -2.12. The zero-order valence-corrected chi connectivity index (χ0v) is 10.1. The fourth-order valence-electron chi connectivity index (χ4n) is 2.09. The summed E-state index contributed by atoms with van der Waals surface area (Å²) in [6.45, 7) is 1.46. The molecule has 0 saturated carbocycles. The highest BCUT2D eigenvalue weighted by Crippen LogP contribution is 2.32. The van der Waals surface area contributed by atoms with Gasteiger partial charge in [0.15, 0.2) is 0 Å². The minimum Gasteiger partial charge on any atom is -0.493 e. The SMILES string of the molecule is Clc1cc2c(c(CNn3cccc3)c1)OCC2. The Bertz CT molecular complexity index is 522. The van der Waals surface area contributed by atoms with E-state index in [0.29, 0.717) is 6.54 Å². The van der Waals surface area contributed by atoms with Crippen molar-refractivity contribution in [3.8, 4) is 5.75 Å². The summed E-state index contributed by atoms with van der Waals surface area (Å²) >= 11 is 6.10. The number of hydrogen-bond donors (Lipinski definition) is 1. The lowest BCUT2D eigenvalue weighted by atomic mass is 10.1. The van der Waals surface area contributed by atoms with Crippen LogP contribution in [0.2, 0.25) is 5.02 Å². The molecule has 0 atom stereocenters. The van der Waals surface area contributed by atoms with Gasteiger partial charge >= 0.3 is 0 Å². The van der Waals surface area contributed by atoms with Crippen molar-refractivity contribution in [3.63, 3.8) is 0 Å². The number of nitrogens with one attached hydrogen (secondary N) is 1. The van der Waals surface area contributed by atoms with Crippen LogP contribution in [0.1, 0.15) is 11.1 Å². The number of rotatable bonds is 3. The second-order valence-electron chi connectivity index (χ2n) is 4.08. The van der Waals surface area contributed by atoms with E-state index < -0.39 is 0 Å². The molecule has 1 aliphatic heterocycles. The van der Waals surface area contributed by atoms with Crippen molar-refractivity contribution in [1.29, 1.82) is 0 Å². The average Bonchev–Trinajstić information content (AvgIpc) is 2.95.